The van der Waals surface area contributed by atoms with Crippen LogP contribution in [0.3, 0.4) is 0 Å². The molecule has 0 amide bonds. The van der Waals surface area contributed by atoms with Crippen LogP contribution in [0.2, 0.25) is 0 Å². The summed E-state index contributed by atoms with van der Waals surface area (Å²) in [4.78, 5) is 20.1. The van der Waals surface area contributed by atoms with Gasteiger partial charge in [-0.2, -0.15) is 0 Å². The van der Waals surface area contributed by atoms with Gasteiger partial charge in [-0.3, -0.25) is 9.79 Å². The summed E-state index contributed by atoms with van der Waals surface area (Å²) in [6.45, 7) is 4.45. The highest BCUT2D eigenvalue weighted by Gasteiger charge is 2.63. The van der Waals surface area contributed by atoms with Crippen LogP contribution in [0, 0.1) is 17.3 Å². The molecule has 20 heavy (non-hydrogen) atoms. The average Bonchev–Trinajstić information content (AvgIpc) is 2.86. The molecule has 3 heteroatoms. The van der Waals surface area contributed by atoms with Crippen LogP contribution in [0.1, 0.15) is 39.0 Å². The fourth-order valence-corrected chi connectivity index (χ4v) is 5.32. The molecule has 2 fully saturated rings. The molecule has 0 aromatic carbocycles. The molecule has 4 aliphatic rings. The Kier molecular flexibility index (Phi) is 2.72. The molecule has 2 bridgehead atoms. The van der Waals surface area contributed by atoms with E-state index in [1.54, 1.807) is 0 Å². The number of allylic oxidation sites excluding steroid dienone is 2. The van der Waals surface area contributed by atoms with Gasteiger partial charge in [0.25, 0.3) is 0 Å². The highest BCUT2D eigenvalue weighted by molar-refractivity contribution is 6.09. The Labute approximate surface area is 121 Å². The number of nitrogens with zero attached hydrogens (tertiary/aromatic N) is 2. The molecule has 0 N–H and O–H groups in total. The van der Waals surface area contributed by atoms with Gasteiger partial charge in [0.2, 0.25) is 0 Å². The van der Waals surface area contributed by atoms with Gasteiger partial charge in [0.05, 0.1) is 12.0 Å². The van der Waals surface area contributed by atoms with E-state index in [4.69, 9.17) is 4.99 Å². The van der Waals surface area contributed by atoms with Crippen molar-refractivity contribution in [3.63, 3.8) is 0 Å². The fraction of sp³-hybridized carbons (Fsp3) is 0.765. The number of Topliss-reactive ketones (excluding diaryl/α,β-unsaturated/α-hetero) is 1. The quantitative estimate of drug-likeness (QED) is 0.678. The van der Waals surface area contributed by atoms with Crippen molar-refractivity contribution in [1.29, 1.82) is 0 Å². The second kappa shape index (κ2) is 4.27. The van der Waals surface area contributed by atoms with Crippen LogP contribution in [0.25, 0.3) is 0 Å². The summed E-state index contributed by atoms with van der Waals surface area (Å²) in [5, 5.41) is 0. The molecular formula is C17H24N2O. The predicted octanol–water partition coefficient (Wildman–Crippen LogP) is 2.47. The van der Waals surface area contributed by atoms with E-state index < -0.39 is 0 Å². The summed E-state index contributed by atoms with van der Waals surface area (Å²) in [6, 6.07) is 0.255. The first-order chi connectivity index (χ1) is 9.61. The van der Waals surface area contributed by atoms with E-state index in [9.17, 15) is 4.79 Å². The molecule has 4 atom stereocenters. The summed E-state index contributed by atoms with van der Waals surface area (Å²) in [5.74, 6) is 1.25. The Hall–Kier alpha value is -0.960. The molecule has 0 unspecified atom stereocenters. The van der Waals surface area contributed by atoms with Crippen LogP contribution < -0.4 is 0 Å². The van der Waals surface area contributed by atoms with Crippen molar-refractivity contribution >= 4 is 11.5 Å². The van der Waals surface area contributed by atoms with Gasteiger partial charge in [0.15, 0.2) is 0 Å². The summed E-state index contributed by atoms with van der Waals surface area (Å²) in [7, 11) is 2.20. The molecule has 3 nitrogen and oxygen atoms in total. The molecule has 4 rings (SSSR count). The Morgan fingerprint density at radius 2 is 2.20 bits per heavy atom. The minimum atomic E-state index is 0.117. The molecule has 2 aliphatic heterocycles. The van der Waals surface area contributed by atoms with Gasteiger partial charge in [-0.15, -0.1) is 0 Å². The number of carbonyl (C=O) groups excluding carboxylic acids is 1. The molecule has 2 aliphatic carbocycles. The maximum absolute atomic E-state index is 12.7. The molecule has 2 heterocycles. The zero-order valence-electron chi connectivity index (χ0n) is 12.6. The van der Waals surface area contributed by atoms with E-state index in [2.05, 4.69) is 24.9 Å². The van der Waals surface area contributed by atoms with Gasteiger partial charge in [-0.1, -0.05) is 5.57 Å². The lowest BCUT2D eigenvalue weighted by Gasteiger charge is -2.39. The first-order valence-corrected chi connectivity index (χ1v) is 8.08. The van der Waals surface area contributed by atoms with Crippen molar-refractivity contribution < 1.29 is 4.79 Å². The number of aliphatic imine (C=N–C) groups is 1. The molecule has 1 saturated carbocycles. The van der Waals surface area contributed by atoms with Gasteiger partial charge >= 0.3 is 0 Å². The maximum Gasteiger partial charge on any atom is 0.139 e. The van der Waals surface area contributed by atoms with Gasteiger partial charge in [0.1, 0.15) is 5.78 Å². The minimum Gasteiger partial charge on any atom is -0.306 e. The largest absolute Gasteiger partial charge is 0.306 e. The van der Waals surface area contributed by atoms with Crippen molar-refractivity contribution in [1.82, 2.24) is 4.90 Å². The Morgan fingerprint density at radius 1 is 1.35 bits per heavy atom. The van der Waals surface area contributed by atoms with Crippen molar-refractivity contribution in [3.8, 4) is 0 Å². The highest BCUT2D eigenvalue weighted by Crippen LogP contribution is 2.60. The monoisotopic (exact) mass is 272 g/mol. The summed E-state index contributed by atoms with van der Waals surface area (Å²) >= 11 is 0. The second-order valence-electron chi connectivity index (χ2n) is 7.36. The van der Waals surface area contributed by atoms with Crippen LogP contribution >= 0.6 is 0 Å². The highest BCUT2D eigenvalue weighted by atomic mass is 16.1. The zero-order valence-corrected chi connectivity index (χ0v) is 12.6. The molecule has 1 spiro atoms. The second-order valence-corrected chi connectivity index (χ2v) is 7.36. The van der Waals surface area contributed by atoms with Crippen molar-refractivity contribution in [3.05, 3.63) is 11.6 Å². The number of hydrogen-bond donors (Lipinski definition) is 0. The number of rotatable bonds is 0. The topological polar surface area (TPSA) is 32.7 Å². The van der Waals surface area contributed by atoms with Crippen LogP contribution in [0.5, 0.6) is 0 Å². The summed E-state index contributed by atoms with van der Waals surface area (Å²) in [5.41, 5.74) is 2.83. The zero-order chi connectivity index (χ0) is 13.9. The van der Waals surface area contributed by atoms with Crippen molar-refractivity contribution in [2.75, 3.05) is 20.1 Å². The first-order valence-electron chi connectivity index (χ1n) is 8.08. The minimum absolute atomic E-state index is 0.117. The third-order valence-corrected chi connectivity index (χ3v) is 6.13. The molecule has 0 aromatic rings. The number of ketones is 1. The van der Waals surface area contributed by atoms with E-state index in [0.717, 1.165) is 38.8 Å². The van der Waals surface area contributed by atoms with E-state index in [1.165, 1.54) is 17.7 Å². The predicted molar refractivity (Wildman–Crippen MR) is 80.0 cm³/mol. The van der Waals surface area contributed by atoms with Gasteiger partial charge in [-0.25, -0.2) is 0 Å². The van der Waals surface area contributed by atoms with Crippen LogP contribution in [0.4, 0.5) is 0 Å². The first kappa shape index (κ1) is 12.8. The number of hydrogen-bond acceptors (Lipinski definition) is 3. The standard InChI is InChI=1S/C17H24N2O/c1-11-8-12-10-14(20)16-13-4-7-19(2)6-3-5-17(12,16)15(9-11)18-13/h9,12-13,16H,3-8,10H2,1-2H3/t12-,13-,16+,17+/m1/s1. The molecule has 0 radical (unpaired) electrons. The van der Waals surface area contributed by atoms with E-state index in [1.807, 2.05) is 0 Å². The fourth-order valence-electron chi connectivity index (χ4n) is 5.32. The van der Waals surface area contributed by atoms with E-state index in [-0.39, 0.29) is 17.4 Å². The van der Waals surface area contributed by atoms with E-state index in [0.29, 0.717) is 11.7 Å². The maximum atomic E-state index is 12.7. The van der Waals surface area contributed by atoms with E-state index >= 15 is 0 Å². The molecule has 1 saturated heterocycles. The Morgan fingerprint density at radius 3 is 3.05 bits per heavy atom. The SMILES string of the molecule is CC1=CC2=N[C@@H]3CCN(C)CCC[C@]24[C@@H](CC(=O)[C@H]34)C1. The lowest BCUT2D eigenvalue weighted by Crippen LogP contribution is -2.41. The molecular weight excluding hydrogens is 248 g/mol. The molecule has 108 valence electrons. The normalized spacial score (nSPS) is 44.3. The smallest absolute Gasteiger partial charge is 0.139 e. The van der Waals surface area contributed by atoms with Gasteiger partial charge in [-0.05, 0) is 64.7 Å². The third-order valence-electron chi connectivity index (χ3n) is 6.13. The van der Waals surface area contributed by atoms with Gasteiger partial charge in [0, 0.05) is 17.5 Å². The Balaban J connectivity index is 1.82. The Bertz CT molecular complexity index is 521. The lowest BCUT2D eigenvalue weighted by molar-refractivity contribution is -0.122. The van der Waals surface area contributed by atoms with Crippen LogP contribution in [-0.4, -0.2) is 42.6 Å². The molecule has 0 aromatic heterocycles. The number of carbonyl (C=O) groups is 1. The van der Waals surface area contributed by atoms with Crippen LogP contribution in [0.15, 0.2) is 16.6 Å². The van der Waals surface area contributed by atoms with Crippen molar-refractivity contribution in [2.45, 2.75) is 45.1 Å². The lowest BCUT2D eigenvalue weighted by atomic mass is 9.62. The van der Waals surface area contributed by atoms with Crippen LogP contribution in [-0.2, 0) is 4.79 Å². The summed E-state index contributed by atoms with van der Waals surface area (Å²) < 4.78 is 0. The average molecular weight is 272 g/mol. The third kappa shape index (κ3) is 1.56. The summed E-state index contributed by atoms with van der Waals surface area (Å²) in [6.07, 6.45) is 7.66. The van der Waals surface area contributed by atoms with Gasteiger partial charge < -0.3 is 4.90 Å². The van der Waals surface area contributed by atoms with Crippen molar-refractivity contribution in [2.24, 2.45) is 22.2 Å².